The number of ether oxygens (including phenoxy) is 3. The average molecular weight is 756 g/mol. The molecule has 55 heavy (non-hydrogen) atoms. The van der Waals surface area contributed by atoms with Gasteiger partial charge in [-0.3, -0.25) is 4.79 Å². The van der Waals surface area contributed by atoms with Crippen LogP contribution in [0.2, 0.25) is 0 Å². The Bertz CT molecular complexity index is 1970. The van der Waals surface area contributed by atoms with Crippen LogP contribution in [0.1, 0.15) is 59.5 Å². The van der Waals surface area contributed by atoms with E-state index in [1.165, 1.54) is 12.1 Å². The molecular weight excluding hydrogens is 702 g/mol. The largest absolute Gasteiger partial charge is 0.493 e. The topological polar surface area (TPSA) is 106 Å². The van der Waals surface area contributed by atoms with Gasteiger partial charge in [-0.15, -0.1) is 0 Å². The first-order valence-corrected chi connectivity index (χ1v) is 19.2. The van der Waals surface area contributed by atoms with E-state index in [0.29, 0.717) is 41.7 Å². The minimum Gasteiger partial charge on any atom is -0.493 e. The Morgan fingerprint density at radius 1 is 0.909 bits per heavy atom. The SMILES string of the molecule is COc1cc(C(=O)N(C)CC(CCCCc2ccc(F)cc2)CCN2CCCN(c3nc4ccccc4n3Cc3ccc(CO)o3)CC2)cc(OC)c1OC. The Balaban J connectivity index is 1.12. The highest BCUT2D eigenvalue weighted by atomic mass is 19.1. The number of halogens is 1. The molecule has 5 aromatic rings. The first kappa shape index (κ1) is 39.6. The Morgan fingerprint density at radius 3 is 2.36 bits per heavy atom. The Kier molecular flexibility index (Phi) is 13.7. The van der Waals surface area contributed by atoms with Crippen molar-refractivity contribution in [2.24, 2.45) is 5.92 Å². The quantitative estimate of drug-likeness (QED) is 0.0944. The molecular formula is C43H54FN5O6. The normalized spacial score (nSPS) is 14.2. The van der Waals surface area contributed by atoms with E-state index in [0.717, 1.165) is 99.6 Å². The number of para-hydroxylation sites is 2. The van der Waals surface area contributed by atoms with Gasteiger partial charge in [0, 0.05) is 38.8 Å². The number of carbonyl (C=O) groups excluding carboxylic acids is 1. The highest BCUT2D eigenvalue weighted by Gasteiger charge is 2.25. The van der Waals surface area contributed by atoms with Gasteiger partial charge in [0.1, 0.15) is 23.9 Å². The van der Waals surface area contributed by atoms with Crippen LogP contribution in [0.15, 0.2) is 77.2 Å². The number of fused-ring (bicyclic) bond motifs is 1. The molecule has 3 aromatic carbocycles. The number of carbonyl (C=O) groups is 1. The fourth-order valence-electron chi connectivity index (χ4n) is 7.60. The van der Waals surface area contributed by atoms with E-state index in [4.69, 9.17) is 23.6 Å². The van der Waals surface area contributed by atoms with E-state index in [-0.39, 0.29) is 24.2 Å². The van der Waals surface area contributed by atoms with Gasteiger partial charge >= 0.3 is 0 Å². The van der Waals surface area contributed by atoms with Crippen LogP contribution in [0.3, 0.4) is 0 Å². The van der Waals surface area contributed by atoms with Crippen LogP contribution >= 0.6 is 0 Å². The van der Waals surface area contributed by atoms with Crippen molar-refractivity contribution in [1.82, 2.24) is 19.4 Å². The highest BCUT2D eigenvalue weighted by Crippen LogP contribution is 2.38. The standard InChI is InChI=1S/C43H54FN5O6/c1-46(42(51)33-26-39(52-2)41(54-4)40(27-33)53-3)28-32(11-6-5-10-31-14-16-34(44)17-15-31)20-23-47-21-9-22-48(25-24-47)43-45-37-12-7-8-13-38(37)49(43)29-35-18-19-36(30-50)55-35/h7-8,12-19,26-27,32,50H,5-6,9-11,20-25,28-30H2,1-4H3. The van der Waals surface area contributed by atoms with Gasteiger partial charge in [-0.05, 0) is 105 Å². The van der Waals surface area contributed by atoms with Gasteiger partial charge in [0.2, 0.25) is 11.7 Å². The van der Waals surface area contributed by atoms with Crippen LogP contribution in [0, 0.1) is 11.7 Å². The Morgan fingerprint density at radius 2 is 1.65 bits per heavy atom. The smallest absolute Gasteiger partial charge is 0.253 e. The molecule has 0 saturated carbocycles. The molecule has 2 aromatic heterocycles. The molecule has 0 aliphatic carbocycles. The number of aromatic nitrogens is 2. The zero-order chi connectivity index (χ0) is 38.7. The molecule has 1 atom stereocenters. The highest BCUT2D eigenvalue weighted by molar-refractivity contribution is 5.95. The number of amides is 1. The minimum absolute atomic E-state index is 0.106. The van der Waals surface area contributed by atoms with Crippen LogP contribution in [0.5, 0.6) is 17.2 Å². The number of imidazole rings is 1. The van der Waals surface area contributed by atoms with E-state index in [9.17, 15) is 14.3 Å². The number of hydrogen-bond acceptors (Lipinski definition) is 9. The number of methoxy groups -OCH3 is 3. The van der Waals surface area contributed by atoms with Crippen molar-refractivity contribution in [3.05, 3.63) is 101 Å². The molecule has 1 saturated heterocycles. The predicted molar refractivity (Wildman–Crippen MR) is 212 cm³/mol. The van der Waals surface area contributed by atoms with Crippen molar-refractivity contribution in [2.45, 2.75) is 51.7 Å². The summed E-state index contributed by atoms with van der Waals surface area (Å²) in [4.78, 5) is 25.6. The monoisotopic (exact) mass is 755 g/mol. The summed E-state index contributed by atoms with van der Waals surface area (Å²) in [5.74, 6) is 3.55. The molecule has 1 unspecified atom stereocenters. The van der Waals surface area contributed by atoms with Gasteiger partial charge < -0.3 is 43.0 Å². The van der Waals surface area contributed by atoms with Gasteiger partial charge in [0.25, 0.3) is 5.91 Å². The van der Waals surface area contributed by atoms with Crippen LogP contribution in [0.4, 0.5) is 10.3 Å². The van der Waals surface area contributed by atoms with Gasteiger partial charge in [-0.1, -0.05) is 30.7 Å². The zero-order valence-corrected chi connectivity index (χ0v) is 32.5. The first-order chi connectivity index (χ1) is 26.8. The van der Waals surface area contributed by atoms with Crippen molar-refractivity contribution < 1.29 is 32.9 Å². The minimum atomic E-state index is -0.217. The molecule has 0 bridgehead atoms. The van der Waals surface area contributed by atoms with E-state index in [1.807, 2.05) is 54.4 Å². The number of nitrogens with zero attached hydrogens (tertiary/aromatic N) is 5. The fraction of sp³-hybridized carbons (Fsp3) is 0.442. The van der Waals surface area contributed by atoms with E-state index >= 15 is 0 Å². The first-order valence-electron chi connectivity index (χ1n) is 19.2. The number of furan rings is 1. The molecule has 1 N–H and O–H groups in total. The van der Waals surface area contributed by atoms with Crippen molar-refractivity contribution in [1.29, 1.82) is 0 Å². The number of hydrogen-bond donors (Lipinski definition) is 1. The summed E-state index contributed by atoms with van der Waals surface area (Å²) in [5, 5.41) is 9.55. The second-order valence-corrected chi connectivity index (χ2v) is 14.3. The average Bonchev–Trinajstić information content (AvgIpc) is 3.74. The van der Waals surface area contributed by atoms with Gasteiger partial charge in [-0.25, -0.2) is 9.37 Å². The predicted octanol–water partition coefficient (Wildman–Crippen LogP) is 7.04. The molecule has 1 aliphatic heterocycles. The summed E-state index contributed by atoms with van der Waals surface area (Å²) < 4.78 is 38.1. The van der Waals surface area contributed by atoms with Crippen molar-refractivity contribution >= 4 is 22.9 Å². The van der Waals surface area contributed by atoms with Crippen molar-refractivity contribution in [2.75, 3.05) is 72.5 Å². The third-order valence-corrected chi connectivity index (χ3v) is 10.6. The summed E-state index contributed by atoms with van der Waals surface area (Å²) in [7, 11) is 6.50. The maximum atomic E-state index is 13.8. The lowest BCUT2D eigenvalue weighted by molar-refractivity contribution is 0.0761. The lowest BCUT2D eigenvalue weighted by Crippen LogP contribution is -2.35. The molecule has 6 rings (SSSR count). The number of benzene rings is 3. The maximum absolute atomic E-state index is 13.8. The van der Waals surface area contributed by atoms with E-state index in [1.54, 1.807) is 33.5 Å². The number of aliphatic hydroxyl groups excluding tert-OH is 1. The summed E-state index contributed by atoms with van der Waals surface area (Å²) >= 11 is 0. The fourth-order valence-corrected chi connectivity index (χ4v) is 7.60. The van der Waals surface area contributed by atoms with Crippen LogP contribution in [0.25, 0.3) is 11.0 Å². The summed E-state index contributed by atoms with van der Waals surface area (Å²) in [6.45, 7) is 5.54. The van der Waals surface area contributed by atoms with Gasteiger partial charge in [-0.2, -0.15) is 0 Å². The number of rotatable bonds is 18. The second kappa shape index (κ2) is 19.0. The molecule has 0 spiro atoms. The van der Waals surface area contributed by atoms with Gasteiger partial charge in [0.15, 0.2) is 11.5 Å². The molecule has 11 nitrogen and oxygen atoms in total. The van der Waals surface area contributed by atoms with E-state index < -0.39 is 0 Å². The number of anilines is 1. The number of unbranched alkanes of at least 4 members (excludes halogenated alkanes) is 1. The maximum Gasteiger partial charge on any atom is 0.253 e. The molecule has 3 heterocycles. The molecule has 1 aliphatic rings. The third-order valence-electron chi connectivity index (χ3n) is 10.6. The van der Waals surface area contributed by atoms with E-state index in [2.05, 4.69) is 20.4 Å². The number of aliphatic hydroxyl groups is 1. The second-order valence-electron chi connectivity index (χ2n) is 14.3. The molecule has 0 radical (unpaired) electrons. The molecule has 1 fully saturated rings. The summed E-state index contributed by atoms with van der Waals surface area (Å²) in [5.41, 5.74) is 3.61. The molecule has 1 amide bonds. The lowest BCUT2D eigenvalue weighted by atomic mass is 9.95. The third kappa shape index (κ3) is 9.98. The Labute approximate surface area is 323 Å². The van der Waals surface area contributed by atoms with Crippen LogP contribution in [-0.4, -0.2) is 98.0 Å². The van der Waals surface area contributed by atoms with Crippen LogP contribution < -0.4 is 19.1 Å². The lowest BCUT2D eigenvalue weighted by Gasteiger charge is -2.28. The van der Waals surface area contributed by atoms with Crippen molar-refractivity contribution in [3.8, 4) is 17.2 Å². The molecule has 294 valence electrons. The summed E-state index contributed by atoms with van der Waals surface area (Å²) in [6, 6.07) is 22.1. The zero-order valence-electron chi connectivity index (χ0n) is 32.5. The number of aryl methyl sites for hydroxylation is 1. The Hall–Kier alpha value is -5.07. The summed E-state index contributed by atoms with van der Waals surface area (Å²) in [6.07, 6.45) is 5.82. The van der Waals surface area contributed by atoms with Crippen LogP contribution in [-0.2, 0) is 19.6 Å². The van der Waals surface area contributed by atoms with Crippen molar-refractivity contribution in [3.63, 3.8) is 0 Å². The molecule has 12 heteroatoms. The van der Waals surface area contributed by atoms with Gasteiger partial charge in [0.05, 0.1) is 38.9 Å².